The second-order valence-corrected chi connectivity index (χ2v) is 7.55. The summed E-state index contributed by atoms with van der Waals surface area (Å²) in [5.74, 6) is 0.764. The summed E-state index contributed by atoms with van der Waals surface area (Å²) in [7, 11) is 0. The van der Waals surface area contributed by atoms with Crippen LogP contribution in [0.25, 0.3) is 6.08 Å². The lowest BCUT2D eigenvalue weighted by atomic mass is 10.0. The first-order chi connectivity index (χ1) is 16.6. The van der Waals surface area contributed by atoms with Crippen molar-refractivity contribution in [2.24, 2.45) is 0 Å². The number of carbonyl (C=O) groups is 1. The standard InChI is InChI=1S/C29H28N2O3/c1-3-11-25-16-24(17-26(19-30)29(32)31-20-22-12-7-5-8-13-22)18-27(33-4-2)28(25)34-21-23-14-9-6-10-15-23/h3,5-10,12-18H,1,4,11,20-21H2,2H3,(H,31,32)/b26-17-. The molecule has 3 aromatic rings. The van der Waals surface area contributed by atoms with Crippen molar-refractivity contribution in [3.8, 4) is 17.6 Å². The Morgan fingerprint density at radius 1 is 1.03 bits per heavy atom. The number of hydrogen-bond acceptors (Lipinski definition) is 4. The van der Waals surface area contributed by atoms with Crippen LogP contribution < -0.4 is 14.8 Å². The van der Waals surface area contributed by atoms with Crippen molar-refractivity contribution in [2.45, 2.75) is 26.5 Å². The molecule has 0 saturated heterocycles. The lowest BCUT2D eigenvalue weighted by molar-refractivity contribution is -0.117. The minimum Gasteiger partial charge on any atom is -0.490 e. The van der Waals surface area contributed by atoms with E-state index in [1.54, 1.807) is 18.2 Å². The van der Waals surface area contributed by atoms with Gasteiger partial charge in [0.1, 0.15) is 18.2 Å². The smallest absolute Gasteiger partial charge is 0.262 e. The van der Waals surface area contributed by atoms with E-state index in [0.29, 0.717) is 43.2 Å². The molecule has 172 valence electrons. The molecule has 1 N–H and O–H groups in total. The van der Waals surface area contributed by atoms with Crippen molar-refractivity contribution in [3.63, 3.8) is 0 Å². The van der Waals surface area contributed by atoms with E-state index in [-0.39, 0.29) is 5.57 Å². The maximum Gasteiger partial charge on any atom is 0.262 e. The summed E-state index contributed by atoms with van der Waals surface area (Å²) >= 11 is 0. The predicted molar refractivity (Wildman–Crippen MR) is 134 cm³/mol. The van der Waals surface area contributed by atoms with Gasteiger partial charge in [-0.2, -0.15) is 5.26 Å². The highest BCUT2D eigenvalue weighted by Gasteiger charge is 2.15. The van der Waals surface area contributed by atoms with Crippen molar-refractivity contribution in [1.29, 1.82) is 5.26 Å². The van der Waals surface area contributed by atoms with E-state index in [2.05, 4.69) is 11.9 Å². The summed E-state index contributed by atoms with van der Waals surface area (Å²) in [6, 6.07) is 25.1. The van der Waals surface area contributed by atoms with Gasteiger partial charge in [0.15, 0.2) is 11.5 Å². The van der Waals surface area contributed by atoms with Crippen LogP contribution >= 0.6 is 0 Å². The van der Waals surface area contributed by atoms with Crippen LogP contribution in [0.15, 0.2) is 91.0 Å². The van der Waals surface area contributed by atoms with E-state index in [4.69, 9.17) is 9.47 Å². The van der Waals surface area contributed by atoms with Crippen LogP contribution in [0.3, 0.4) is 0 Å². The van der Waals surface area contributed by atoms with Crippen molar-refractivity contribution in [1.82, 2.24) is 5.32 Å². The first-order valence-corrected chi connectivity index (χ1v) is 11.2. The van der Waals surface area contributed by atoms with Crippen LogP contribution in [0.2, 0.25) is 0 Å². The maximum absolute atomic E-state index is 12.6. The topological polar surface area (TPSA) is 71.4 Å². The number of nitrogens with zero attached hydrogens (tertiary/aromatic N) is 1. The Labute approximate surface area is 201 Å². The number of ether oxygens (including phenoxy) is 2. The van der Waals surface area contributed by atoms with E-state index in [1.165, 1.54) is 0 Å². The van der Waals surface area contributed by atoms with Crippen LogP contribution in [0, 0.1) is 11.3 Å². The molecule has 0 aliphatic heterocycles. The maximum atomic E-state index is 12.6. The fraction of sp³-hybridized carbons (Fsp3) is 0.172. The molecular weight excluding hydrogens is 424 g/mol. The number of amides is 1. The molecule has 0 unspecified atom stereocenters. The first kappa shape index (κ1) is 24.3. The Morgan fingerprint density at radius 2 is 1.71 bits per heavy atom. The van der Waals surface area contributed by atoms with E-state index >= 15 is 0 Å². The average Bonchev–Trinajstić information content (AvgIpc) is 2.87. The fourth-order valence-corrected chi connectivity index (χ4v) is 3.42. The highest BCUT2D eigenvalue weighted by atomic mass is 16.5. The summed E-state index contributed by atoms with van der Waals surface area (Å²) < 4.78 is 12.0. The molecule has 0 aliphatic rings. The largest absolute Gasteiger partial charge is 0.490 e. The average molecular weight is 453 g/mol. The Kier molecular flexibility index (Phi) is 9.07. The van der Waals surface area contributed by atoms with Gasteiger partial charge in [-0.1, -0.05) is 66.7 Å². The third-order valence-electron chi connectivity index (χ3n) is 5.02. The van der Waals surface area contributed by atoms with Gasteiger partial charge in [-0.15, -0.1) is 6.58 Å². The molecule has 0 fully saturated rings. The molecule has 3 aromatic carbocycles. The van der Waals surface area contributed by atoms with Gasteiger partial charge in [-0.25, -0.2) is 0 Å². The molecule has 0 aromatic heterocycles. The molecule has 0 heterocycles. The summed E-state index contributed by atoms with van der Waals surface area (Å²) in [5.41, 5.74) is 3.56. The van der Waals surface area contributed by atoms with Crippen LogP contribution in [-0.4, -0.2) is 12.5 Å². The lowest BCUT2D eigenvalue weighted by Crippen LogP contribution is -2.23. The van der Waals surface area contributed by atoms with Gasteiger partial charge in [0.05, 0.1) is 6.61 Å². The van der Waals surface area contributed by atoms with Crippen molar-refractivity contribution < 1.29 is 14.3 Å². The van der Waals surface area contributed by atoms with Gasteiger partial charge in [-0.3, -0.25) is 4.79 Å². The molecule has 0 spiro atoms. The van der Waals surface area contributed by atoms with Crippen molar-refractivity contribution >= 4 is 12.0 Å². The Bertz CT molecular complexity index is 1180. The van der Waals surface area contributed by atoms with Gasteiger partial charge < -0.3 is 14.8 Å². The highest BCUT2D eigenvalue weighted by molar-refractivity contribution is 6.01. The molecule has 0 aliphatic carbocycles. The molecule has 5 nitrogen and oxygen atoms in total. The zero-order valence-electron chi connectivity index (χ0n) is 19.3. The van der Waals surface area contributed by atoms with E-state index in [1.807, 2.05) is 79.7 Å². The minimum absolute atomic E-state index is 0.0147. The number of allylic oxidation sites excluding steroid dienone is 1. The number of nitriles is 1. The third-order valence-corrected chi connectivity index (χ3v) is 5.02. The molecule has 0 bridgehead atoms. The summed E-state index contributed by atoms with van der Waals surface area (Å²) in [5, 5.41) is 12.4. The second-order valence-electron chi connectivity index (χ2n) is 7.55. The highest BCUT2D eigenvalue weighted by Crippen LogP contribution is 2.35. The van der Waals surface area contributed by atoms with Gasteiger partial charge >= 0.3 is 0 Å². The number of nitrogens with one attached hydrogen (secondary N) is 1. The van der Waals surface area contributed by atoms with Crippen molar-refractivity contribution in [3.05, 3.63) is 113 Å². The normalized spacial score (nSPS) is 10.8. The van der Waals surface area contributed by atoms with Crippen LogP contribution in [-0.2, 0) is 24.4 Å². The van der Waals surface area contributed by atoms with Gasteiger partial charge in [-0.05, 0) is 48.2 Å². The molecule has 0 atom stereocenters. The zero-order valence-corrected chi connectivity index (χ0v) is 19.3. The molecule has 5 heteroatoms. The number of benzene rings is 3. The van der Waals surface area contributed by atoms with Gasteiger partial charge in [0, 0.05) is 12.1 Å². The number of hydrogen-bond donors (Lipinski definition) is 1. The summed E-state index contributed by atoms with van der Waals surface area (Å²) in [4.78, 5) is 12.6. The fourth-order valence-electron chi connectivity index (χ4n) is 3.42. The predicted octanol–water partition coefficient (Wildman–Crippen LogP) is 5.62. The first-order valence-electron chi connectivity index (χ1n) is 11.2. The number of carbonyl (C=O) groups excluding carboxylic acids is 1. The molecule has 34 heavy (non-hydrogen) atoms. The monoisotopic (exact) mass is 452 g/mol. The summed E-state index contributed by atoms with van der Waals surface area (Å²) in [6.45, 7) is 6.94. The Balaban J connectivity index is 1.87. The molecule has 0 radical (unpaired) electrons. The van der Waals surface area contributed by atoms with Crippen LogP contribution in [0.1, 0.15) is 29.2 Å². The van der Waals surface area contributed by atoms with Crippen LogP contribution in [0.4, 0.5) is 0 Å². The van der Waals surface area contributed by atoms with Gasteiger partial charge in [0.25, 0.3) is 5.91 Å². The molecule has 0 saturated carbocycles. The third kappa shape index (κ3) is 6.85. The quantitative estimate of drug-likeness (QED) is 0.233. The molecule has 1 amide bonds. The SMILES string of the molecule is C=CCc1cc(/C=C(/C#N)C(=O)NCc2ccccc2)cc(OCC)c1OCc1ccccc1. The Morgan fingerprint density at radius 3 is 2.32 bits per heavy atom. The summed E-state index contributed by atoms with van der Waals surface area (Å²) in [6.07, 6.45) is 3.90. The molecular formula is C29H28N2O3. The number of rotatable bonds is 11. The van der Waals surface area contributed by atoms with E-state index in [0.717, 1.165) is 16.7 Å². The van der Waals surface area contributed by atoms with E-state index < -0.39 is 5.91 Å². The van der Waals surface area contributed by atoms with Crippen LogP contribution in [0.5, 0.6) is 11.5 Å². The zero-order chi connectivity index (χ0) is 24.2. The van der Waals surface area contributed by atoms with Gasteiger partial charge in [0.2, 0.25) is 0 Å². The minimum atomic E-state index is -0.431. The second kappa shape index (κ2) is 12.7. The van der Waals surface area contributed by atoms with E-state index in [9.17, 15) is 10.1 Å². The molecule has 3 rings (SSSR count). The lowest BCUT2D eigenvalue weighted by Gasteiger charge is -2.17. The Hall–Kier alpha value is -4.30. The van der Waals surface area contributed by atoms with Crippen molar-refractivity contribution in [2.75, 3.05) is 6.61 Å².